The first-order chi connectivity index (χ1) is 14.5. The highest BCUT2D eigenvalue weighted by atomic mass is 35.5. The standard InChI is InChI=1S/C22H20Cl3N3OS/c23-15-8-6-14(7-9-15)20(29)13-30-22-27-26-21(18-11-10-16(24)12-19(18)25)28(22)17-4-2-1-3-5-17/h6-12,17H,1-5,13H2. The minimum atomic E-state index is 0.0286. The van der Waals surface area contributed by atoms with Gasteiger partial charge in [-0.3, -0.25) is 9.36 Å². The van der Waals surface area contributed by atoms with Crippen LogP contribution in [0.1, 0.15) is 48.5 Å². The van der Waals surface area contributed by atoms with Gasteiger partial charge < -0.3 is 0 Å². The first-order valence-electron chi connectivity index (χ1n) is 9.85. The Morgan fingerprint density at radius 3 is 2.37 bits per heavy atom. The number of ketones is 1. The lowest BCUT2D eigenvalue weighted by Gasteiger charge is -2.25. The molecule has 8 heteroatoms. The van der Waals surface area contributed by atoms with Crippen LogP contribution >= 0.6 is 46.6 Å². The average Bonchev–Trinajstić information content (AvgIpc) is 3.17. The van der Waals surface area contributed by atoms with Gasteiger partial charge >= 0.3 is 0 Å². The van der Waals surface area contributed by atoms with Crippen LogP contribution in [0.3, 0.4) is 0 Å². The molecule has 0 saturated heterocycles. The lowest BCUT2D eigenvalue weighted by atomic mass is 9.95. The van der Waals surface area contributed by atoms with Crippen LogP contribution in [-0.4, -0.2) is 26.3 Å². The van der Waals surface area contributed by atoms with Crippen LogP contribution in [0.2, 0.25) is 15.1 Å². The van der Waals surface area contributed by atoms with Gasteiger partial charge in [-0.05, 0) is 55.3 Å². The fourth-order valence-electron chi connectivity index (χ4n) is 3.75. The van der Waals surface area contributed by atoms with E-state index in [1.807, 2.05) is 6.07 Å². The van der Waals surface area contributed by atoms with E-state index in [1.54, 1.807) is 36.4 Å². The Bertz CT molecular complexity index is 1050. The number of carbonyl (C=O) groups excluding carboxylic acids is 1. The summed E-state index contributed by atoms with van der Waals surface area (Å²) in [5.41, 5.74) is 1.44. The van der Waals surface area contributed by atoms with E-state index < -0.39 is 0 Å². The van der Waals surface area contributed by atoms with Crippen LogP contribution in [-0.2, 0) is 0 Å². The summed E-state index contributed by atoms with van der Waals surface area (Å²) in [6.07, 6.45) is 5.71. The number of thioether (sulfide) groups is 1. The fraction of sp³-hybridized carbons (Fsp3) is 0.318. The van der Waals surface area contributed by atoms with Gasteiger partial charge in [0.05, 0.1) is 10.8 Å². The second-order valence-corrected chi connectivity index (χ2v) is 9.53. The Morgan fingerprint density at radius 1 is 0.967 bits per heavy atom. The van der Waals surface area contributed by atoms with Crippen molar-refractivity contribution in [2.75, 3.05) is 5.75 Å². The first kappa shape index (κ1) is 21.7. The Kier molecular flexibility index (Phi) is 7.04. The van der Waals surface area contributed by atoms with Crippen LogP contribution in [0.15, 0.2) is 47.6 Å². The third-order valence-electron chi connectivity index (χ3n) is 5.27. The highest BCUT2D eigenvalue weighted by molar-refractivity contribution is 7.99. The summed E-state index contributed by atoms with van der Waals surface area (Å²) in [4.78, 5) is 12.6. The number of aromatic nitrogens is 3. The Balaban J connectivity index is 1.63. The van der Waals surface area contributed by atoms with E-state index in [-0.39, 0.29) is 11.5 Å². The zero-order chi connectivity index (χ0) is 21.1. The summed E-state index contributed by atoms with van der Waals surface area (Å²) in [5, 5.41) is 11.3. The zero-order valence-corrected chi connectivity index (χ0v) is 19.2. The zero-order valence-electron chi connectivity index (χ0n) is 16.2. The lowest BCUT2D eigenvalue weighted by Crippen LogP contribution is -2.15. The molecular weight excluding hydrogens is 461 g/mol. The number of hydrogen-bond acceptors (Lipinski definition) is 4. The number of Topliss-reactive ketones (excluding diaryl/α,β-unsaturated/α-hetero) is 1. The van der Waals surface area contributed by atoms with Gasteiger partial charge in [-0.25, -0.2) is 0 Å². The lowest BCUT2D eigenvalue weighted by molar-refractivity contribution is 0.102. The molecule has 4 nitrogen and oxygen atoms in total. The average molecular weight is 481 g/mol. The van der Waals surface area contributed by atoms with Gasteiger partial charge in [0.15, 0.2) is 16.8 Å². The van der Waals surface area contributed by atoms with Crippen molar-refractivity contribution in [3.8, 4) is 11.4 Å². The Labute approximate surface area is 194 Å². The van der Waals surface area contributed by atoms with Crippen molar-refractivity contribution < 1.29 is 4.79 Å². The minimum absolute atomic E-state index is 0.0286. The van der Waals surface area contributed by atoms with E-state index in [2.05, 4.69) is 14.8 Å². The maximum atomic E-state index is 12.6. The van der Waals surface area contributed by atoms with Crippen LogP contribution in [0.4, 0.5) is 0 Å². The van der Waals surface area contributed by atoms with E-state index in [0.29, 0.717) is 26.7 Å². The molecule has 4 rings (SSSR count). The highest BCUT2D eigenvalue weighted by Gasteiger charge is 2.25. The molecule has 0 radical (unpaired) electrons. The molecule has 0 bridgehead atoms. The van der Waals surface area contributed by atoms with Crippen LogP contribution < -0.4 is 0 Å². The molecule has 1 fully saturated rings. The maximum Gasteiger partial charge on any atom is 0.192 e. The van der Waals surface area contributed by atoms with Gasteiger partial charge in [0, 0.05) is 27.2 Å². The molecule has 0 N–H and O–H groups in total. The second kappa shape index (κ2) is 9.73. The summed E-state index contributed by atoms with van der Waals surface area (Å²) in [6, 6.07) is 12.6. The van der Waals surface area contributed by atoms with E-state index in [4.69, 9.17) is 34.8 Å². The number of rotatable bonds is 6. The predicted molar refractivity (Wildman–Crippen MR) is 124 cm³/mol. The summed E-state index contributed by atoms with van der Waals surface area (Å²) in [5.74, 6) is 1.03. The van der Waals surface area contributed by atoms with Crippen molar-refractivity contribution in [1.29, 1.82) is 0 Å². The summed E-state index contributed by atoms with van der Waals surface area (Å²) in [7, 11) is 0. The van der Waals surface area contributed by atoms with Gasteiger partial charge in [0.1, 0.15) is 0 Å². The van der Waals surface area contributed by atoms with Crippen molar-refractivity contribution in [3.63, 3.8) is 0 Å². The van der Waals surface area contributed by atoms with Crippen molar-refractivity contribution >= 4 is 52.3 Å². The molecule has 1 aliphatic carbocycles. The van der Waals surface area contributed by atoms with Crippen molar-refractivity contribution in [2.45, 2.75) is 43.3 Å². The van der Waals surface area contributed by atoms with Gasteiger partial charge in [0.2, 0.25) is 0 Å². The van der Waals surface area contributed by atoms with Gasteiger partial charge in [0.25, 0.3) is 0 Å². The molecule has 0 aliphatic heterocycles. The molecule has 1 aliphatic rings. The van der Waals surface area contributed by atoms with E-state index in [9.17, 15) is 4.79 Å². The van der Waals surface area contributed by atoms with Gasteiger partial charge in [-0.1, -0.05) is 65.8 Å². The Morgan fingerprint density at radius 2 is 1.67 bits per heavy atom. The third kappa shape index (κ3) is 4.86. The van der Waals surface area contributed by atoms with Gasteiger partial charge in [-0.15, -0.1) is 10.2 Å². The molecule has 1 aromatic heterocycles. The number of halogens is 3. The molecule has 156 valence electrons. The molecule has 0 atom stereocenters. The summed E-state index contributed by atoms with van der Waals surface area (Å²) < 4.78 is 2.16. The molecular formula is C22H20Cl3N3OS. The molecule has 0 unspecified atom stereocenters. The fourth-order valence-corrected chi connectivity index (χ4v) is 5.27. The third-order valence-corrected chi connectivity index (χ3v) is 7.02. The normalized spacial score (nSPS) is 14.8. The topological polar surface area (TPSA) is 47.8 Å². The van der Waals surface area contributed by atoms with Crippen molar-refractivity contribution in [2.24, 2.45) is 0 Å². The van der Waals surface area contributed by atoms with E-state index in [1.165, 1.54) is 31.0 Å². The Hall–Kier alpha value is -1.53. The molecule has 2 aromatic carbocycles. The number of hydrogen-bond donors (Lipinski definition) is 0. The quantitative estimate of drug-likeness (QED) is 0.273. The second-order valence-electron chi connectivity index (χ2n) is 7.31. The molecule has 1 saturated carbocycles. The van der Waals surface area contributed by atoms with E-state index >= 15 is 0 Å². The summed E-state index contributed by atoms with van der Waals surface area (Å²) >= 11 is 19.9. The molecule has 0 amide bonds. The van der Waals surface area contributed by atoms with Crippen LogP contribution in [0.5, 0.6) is 0 Å². The first-order valence-corrected chi connectivity index (χ1v) is 12.0. The molecule has 30 heavy (non-hydrogen) atoms. The smallest absolute Gasteiger partial charge is 0.192 e. The van der Waals surface area contributed by atoms with Gasteiger partial charge in [-0.2, -0.15) is 0 Å². The minimum Gasteiger partial charge on any atom is -0.299 e. The largest absolute Gasteiger partial charge is 0.299 e. The molecule has 1 heterocycles. The number of benzene rings is 2. The van der Waals surface area contributed by atoms with Crippen LogP contribution in [0.25, 0.3) is 11.4 Å². The molecule has 3 aromatic rings. The van der Waals surface area contributed by atoms with Crippen LogP contribution in [0, 0.1) is 0 Å². The molecule has 0 spiro atoms. The van der Waals surface area contributed by atoms with E-state index in [0.717, 1.165) is 29.4 Å². The maximum absolute atomic E-state index is 12.6. The highest BCUT2D eigenvalue weighted by Crippen LogP contribution is 2.38. The number of nitrogens with zero attached hydrogens (tertiary/aromatic N) is 3. The summed E-state index contributed by atoms with van der Waals surface area (Å²) in [6.45, 7) is 0. The number of carbonyl (C=O) groups is 1. The SMILES string of the molecule is O=C(CSc1nnc(-c2ccc(Cl)cc2Cl)n1C1CCCCC1)c1ccc(Cl)cc1. The van der Waals surface area contributed by atoms with Crippen molar-refractivity contribution in [3.05, 3.63) is 63.1 Å². The van der Waals surface area contributed by atoms with Crippen molar-refractivity contribution in [1.82, 2.24) is 14.8 Å². The predicted octanol–water partition coefficient (Wildman–Crippen LogP) is 7.39. The monoisotopic (exact) mass is 479 g/mol.